The van der Waals surface area contributed by atoms with Crippen LogP contribution in [0.4, 0.5) is 0 Å². The highest BCUT2D eigenvalue weighted by molar-refractivity contribution is 7.90. The van der Waals surface area contributed by atoms with Crippen molar-refractivity contribution in [3.8, 4) is 0 Å². The predicted molar refractivity (Wildman–Crippen MR) is 68.6 cm³/mol. The molecule has 2 amide bonds. The van der Waals surface area contributed by atoms with Gasteiger partial charge in [-0.1, -0.05) is 0 Å². The van der Waals surface area contributed by atoms with E-state index in [9.17, 15) is 18.0 Å². The fourth-order valence-electron chi connectivity index (χ4n) is 1.12. The fourth-order valence-corrected chi connectivity index (χ4v) is 1.80. The summed E-state index contributed by atoms with van der Waals surface area (Å²) in [5, 5.41) is 2.50. The van der Waals surface area contributed by atoms with Gasteiger partial charge in [-0.25, -0.2) is 8.42 Å². The Labute approximate surface area is 108 Å². The molecule has 0 aliphatic carbocycles. The molecule has 0 aromatic carbocycles. The SMILES string of the molecule is CN(C)C(=O)CCNC(=O)C(N)CCS(C)(=O)=O. The number of rotatable bonds is 7. The number of nitrogens with one attached hydrogen (secondary N) is 1. The lowest BCUT2D eigenvalue weighted by molar-refractivity contribution is -0.128. The topological polar surface area (TPSA) is 110 Å². The Kier molecular flexibility index (Phi) is 6.85. The maximum atomic E-state index is 11.5. The van der Waals surface area contributed by atoms with E-state index in [0.717, 1.165) is 6.26 Å². The Morgan fingerprint density at radius 2 is 1.89 bits per heavy atom. The zero-order valence-electron chi connectivity index (χ0n) is 11.0. The quantitative estimate of drug-likeness (QED) is 0.580. The van der Waals surface area contributed by atoms with Crippen LogP contribution in [0.1, 0.15) is 12.8 Å². The Morgan fingerprint density at radius 1 is 1.33 bits per heavy atom. The van der Waals surface area contributed by atoms with Gasteiger partial charge < -0.3 is 16.0 Å². The van der Waals surface area contributed by atoms with Crippen molar-refractivity contribution < 1.29 is 18.0 Å². The van der Waals surface area contributed by atoms with Crippen molar-refractivity contribution in [3.63, 3.8) is 0 Å². The molecule has 8 heteroatoms. The zero-order valence-corrected chi connectivity index (χ0v) is 11.8. The summed E-state index contributed by atoms with van der Waals surface area (Å²) in [6.45, 7) is 0.197. The van der Waals surface area contributed by atoms with Gasteiger partial charge in [0.05, 0.1) is 11.8 Å². The number of hydrogen-bond acceptors (Lipinski definition) is 5. The molecule has 0 rings (SSSR count). The molecule has 7 nitrogen and oxygen atoms in total. The second-order valence-electron chi connectivity index (χ2n) is 4.35. The molecule has 0 spiro atoms. The molecule has 0 heterocycles. The van der Waals surface area contributed by atoms with Crippen LogP contribution in [0.15, 0.2) is 0 Å². The molecule has 0 aromatic heterocycles. The zero-order chi connectivity index (χ0) is 14.3. The van der Waals surface area contributed by atoms with Crippen molar-refractivity contribution in [1.82, 2.24) is 10.2 Å². The molecule has 0 saturated heterocycles. The summed E-state index contributed by atoms with van der Waals surface area (Å²) < 4.78 is 21.8. The van der Waals surface area contributed by atoms with Gasteiger partial charge in [-0.05, 0) is 6.42 Å². The van der Waals surface area contributed by atoms with Crippen molar-refractivity contribution in [2.24, 2.45) is 5.73 Å². The second kappa shape index (κ2) is 7.32. The number of hydrogen-bond donors (Lipinski definition) is 2. The maximum Gasteiger partial charge on any atom is 0.236 e. The minimum absolute atomic E-state index is 0.0757. The lowest BCUT2D eigenvalue weighted by Gasteiger charge is -2.13. The molecule has 106 valence electrons. The van der Waals surface area contributed by atoms with Crippen molar-refractivity contribution in [2.45, 2.75) is 18.9 Å². The summed E-state index contributed by atoms with van der Waals surface area (Å²) in [7, 11) is 0.135. The van der Waals surface area contributed by atoms with E-state index in [0.29, 0.717) is 0 Å². The Bertz CT molecular complexity index is 392. The van der Waals surface area contributed by atoms with Gasteiger partial charge in [0.2, 0.25) is 11.8 Å². The van der Waals surface area contributed by atoms with Crippen LogP contribution >= 0.6 is 0 Å². The standard InChI is InChI=1S/C10H21N3O4S/c1-13(2)9(14)4-6-12-10(15)8(11)5-7-18(3,16)17/h8H,4-7,11H2,1-3H3,(H,12,15). The number of nitrogens with two attached hydrogens (primary N) is 1. The average Bonchev–Trinajstić information content (AvgIpc) is 2.24. The van der Waals surface area contributed by atoms with Crippen molar-refractivity contribution in [3.05, 3.63) is 0 Å². The third-order valence-corrected chi connectivity index (χ3v) is 3.25. The van der Waals surface area contributed by atoms with Crippen LogP contribution in [-0.2, 0) is 19.4 Å². The first-order chi connectivity index (χ1) is 8.13. The fraction of sp³-hybridized carbons (Fsp3) is 0.800. The summed E-state index contributed by atoms with van der Waals surface area (Å²) >= 11 is 0. The van der Waals surface area contributed by atoms with E-state index >= 15 is 0 Å². The summed E-state index contributed by atoms with van der Waals surface area (Å²) in [4.78, 5) is 24.1. The van der Waals surface area contributed by atoms with Gasteiger partial charge >= 0.3 is 0 Å². The number of carbonyl (C=O) groups is 2. The molecule has 0 aromatic rings. The Hall–Kier alpha value is -1.15. The first-order valence-corrected chi connectivity index (χ1v) is 7.60. The van der Waals surface area contributed by atoms with E-state index in [2.05, 4.69) is 5.32 Å². The summed E-state index contributed by atoms with van der Waals surface area (Å²) in [5.41, 5.74) is 5.53. The largest absolute Gasteiger partial charge is 0.354 e. The molecular formula is C10H21N3O4S. The van der Waals surface area contributed by atoms with Gasteiger partial charge in [0.1, 0.15) is 9.84 Å². The highest BCUT2D eigenvalue weighted by atomic mass is 32.2. The number of carbonyl (C=O) groups excluding carboxylic acids is 2. The van der Waals surface area contributed by atoms with Crippen LogP contribution < -0.4 is 11.1 Å². The minimum Gasteiger partial charge on any atom is -0.354 e. The third kappa shape index (κ3) is 8.02. The summed E-state index contributed by atoms with van der Waals surface area (Å²) in [5.74, 6) is -0.664. The molecule has 0 radical (unpaired) electrons. The number of nitrogens with zero attached hydrogens (tertiary/aromatic N) is 1. The van der Waals surface area contributed by atoms with Crippen LogP contribution in [0.25, 0.3) is 0 Å². The van der Waals surface area contributed by atoms with E-state index in [1.165, 1.54) is 4.90 Å². The highest BCUT2D eigenvalue weighted by Crippen LogP contribution is 1.94. The molecule has 0 bridgehead atoms. The predicted octanol–water partition coefficient (Wildman–Crippen LogP) is -1.66. The van der Waals surface area contributed by atoms with E-state index in [1.54, 1.807) is 14.1 Å². The normalized spacial score (nSPS) is 12.9. The van der Waals surface area contributed by atoms with Gasteiger partial charge in [-0.3, -0.25) is 9.59 Å². The van der Waals surface area contributed by atoms with E-state index < -0.39 is 21.8 Å². The van der Waals surface area contributed by atoms with Crippen molar-refractivity contribution in [1.29, 1.82) is 0 Å². The first kappa shape index (κ1) is 16.9. The van der Waals surface area contributed by atoms with Gasteiger partial charge in [-0.2, -0.15) is 0 Å². The summed E-state index contributed by atoms with van der Waals surface area (Å²) in [6.07, 6.45) is 1.36. The number of sulfone groups is 1. The monoisotopic (exact) mass is 279 g/mol. The maximum absolute atomic E-state index is 11.5. The Balaban J connectivity index is 3.92. The minimum atomic E-state index is -3.12. The molecule has 0 aliphatic heterocycles. The Morgan fingerprint density at radius 3 is 2.33 bits per heavy atom. The van der Waals surface area contributed by atoms with Crippen molar-refractivity contribution in [2.75, 3.05) is 32.6 Å². The summed E-state index contributed by atoms with van der Waals surface area (Å²) in [6, 6.07) is -0.866. The molecule has 0 aliphatic rings. The van der Waals surface area contributed by atoms with Crippen LogP contribution in [0.5, 0.6) is 0 Å². The van der Waals surface area contributed by atoms with Gasteiger partial charge in [0.15, 0.2) is 0 Å². The molecule has 18 heavy (non-hydrogen) atoms. The molecule has 3 N–H and O–H groups in total. The lowest BCUT2D eigenvalue weighted by atomic mass is 10.2. The molecular weight excluding hydrogens is 258 g/mol. The average molecular weight is 279 g/mol. The van der Waals surface area contributed by atoms with Crippen molar-refractivity contribution >= 4 is 21.7 Å². The smallest absolute Gasteiger partial charge is 0.236 e. The molecule has 0 fully saturated rings. The van der Waals surface area contributed by atoms with Gasteiger partial charge in [0.25, 0.3) is 0 Å². The lowest BCUT2D eigenvalue weighted by Crippen LogP contribution is -2.42. The van der Waals surface area contributed by atoms with Crippen LogP contribution in [0, 0.1) is 0 Å². The van der Waals surface area contributed by atoms with Gasteiger partial charge in [-0.15, -0.1) is 0 Å². The van der Waals surface area contributed by atoms with Crippen LogP contribution in [-0.4, -0.2) is 63.8 Å². The van der Waals surface area contributed by atoms with Gasteiger partial charge in [0, 0.05) is 33.3 Å². The third-order valence-electron chi connectivity index (χ3n) is 2.27. The van der Waals surface area contributed by atoms with Crippen LogP contribution in [0.3, 0.4) is 0 Å². The van der Waals surface area contributed by atoms with E-state index in [4.69, 9.17) is 5.73 Å². The van der Waals surface area contributed by atoms with Crippen LogP contribution in [0.2, 0.25) is 0 Å². The number of amides is 2. The molecule has 1 atom stereocenters. The molecule has 1 unspecified atom stereocenters. The molecule has 0 saturated carbocycles. The van der Waals surface area contributed by atoms with E-state index in [1.807, 2.05) is 0 Å². The second-order valence-corrected chi connectivity index (χ2v) is 6.61. The highest BCUT2D eigenvalue weighted by Gasteiger charge is 2.15. The first-order valence-electron chi connectivity index (χ1n) is 5.54. The van der Waals surface area contributed by atoms with E-state index in [-0.39, 0.29) is 31.0 Å².